The second kappa shape index (κ2) is 12.4. The van der Waals surface area contributed by atoms with E-state index in [0.717, 1.165) is 24.0 Å². The summed E-state index contributed by atoms with van der Waals surface area (Å²) in [5.74, 6) is 3.94. The van der Waals surface area contributed by atoms with Crippen LogP contribution < -0.4 is 19.5 Å². The molecule has 2 aromatic rings. The van der Waals surface area contributed by atoms with E-state index in [1.807, 2.05) is 13.0 Å². The molecule has 1 N–H and O–H groups in total. The molecule has 0 aliphatic carbocycles. The normalized spacial score (nSPS) is 10.2. The van der Waals surface area contributed by atoms with Gasteiger partial charge in [0, 0.05) is 43.5 Å². The Labute approximate surface area is 177 Å². The SMILES string of the molecule is C#Cc1ccc(-c2ccc(OC(=O)NCCCC)cc2OCOC)c(OCOC)c1. The molecule has 0 fully saturated rings. The predicted octanol–water partition coefficient (Wildman–Crippen LogP) is 4.19. The van der Waals surface area contributed by atoms with E-state index in [4.69, 9.17) is 30.1 Å². The van der Waals surface area contributed by atoms with Crippen molar-refractivity contribution in [2.45, 2.75) is 19.8 Å². The van der Waals surface area contributed by atoms with Crippen molar-refractivity contribution >= 4 is 6.09 Å². The lowest BCUT2D eigenvalue weighted by Crippen LogP contribution is -2.27. The summed E-state index contributed by atoms with van der Waals surface area (Å²) in [6.45, 7) is 2.69. The van der Waals surface area contributed by atoms with Gasteiger partial charge < -0.3 is 29.0 Å². The number of methoxy groups -OCH3 is 2. The van der Waals surface area contributed by atoms with Gasteiger partial charge in [0.2, 0.25) is 0 Å². The Bertz CT molecular complexity index is 874. The average Bonchev–Trinajstić information content (AvgIpc) is 2.76. The minimum Gasteiger partial charge on any atom is -0.467 e. The van der Waals surface area contributed by atoms with Gasteiger partial charge in [-0.25, -0.2) is 4.79 Å². The van der Waals surface area contributed by atoms with Gasteiger partial charge in [-0.05, 0) is 36.8 Å². The van der Waals surface area contributed by atoms with Crippen molar-refractivity contribution in [2.75, 3.05) is 34.4 Å². The van der Waals surface area contributed by atoms with Crippen LogP contribution in [0.15, 0.2) is 36.4 Å². The molecule has 0 atom stereocenters. The first-order valence-electron chi connectivity index (χ1n) is 9.57. The van der Waals surface area contributed by atoms with Crippen molar-refractivity contribution in [3.8, 4) is 40.7 Å². The Morgan fingerprint density at radius 3 is 2.23 bits per heavy atom. The van der Waals surface area contributed by atoms with Crippen molar-refractivity contribution in [3.63, 3.8) is 0 Å². The third-order valence-electron chi connectivity index (χ3n) is 4.07. The summed E-state index contributed by atoms with van der Waals surface area (Å²) >= 11 is 0. The van der Waals surface area contributed by atoms with Crippen LogP contribution in [-0.2, 0) is 9.47 Å². The van der Waals surface area contributed by atoms with Gasteiger partial charge >= 0.3 is 6.09 Å². The van der Waals surface area contributed by atoms with Crippen LogP contribution in [0.4, 0.5) is 4.79 Å². The topological polar surface area (TPSA) is 75.3 Å². The first-order chi connectivity index (χ1) is 14.6. The van der Waals surface area contributed by atoms with Gasteiger partial charge in [-0.3, -0.25) is 0 Å². The van der Waals surface area contributed by atoms with E-state index in [1.54, 1.807) is 30.3 Å². The molecule has 0 aromatic heterocycles. The Kier molecular flexibility index (Phi) is 9.52. The molecule has 1 amide bonds. The van der Waals surface area contributed by atoms with Crippen molar-refractivity contribution in [1.82, 2.24) is 5.32 Å². The fraction of sp³-hybridized carbons (Fsp3) is 0.348. The number of unbranched alkanes of at least 4 members (excludes halogenated alkanes) is 1. The van der Waals surface area contributed by atoms with E-state index in [9.17, 15) is 4.79 Å². The van der Waals surface area contributed by atoms with Crippen LogP contribution in [0.5, 0.6) is 17.2 Å². The molecule has 0 saturated heterocycles. The molecule has 0 heterocycles. The van der Waals surface area contributed by atoms with Gasteiger partial charge in [0.15, 0.2) is 13.6 Å². The summed E-state index contributed by atoms with van der Waals surface area (Å²) < 4.78 is 26.8. The maximum Gasteiger partial charge on any atom is 0.412 e. The Morgan fingerprint density at radius 1 is 1.00 bits per heavy atom. The summed E-state index contributed by atoms with van der Waals surface area (Å²) in [5.41, 5.74) is 2.14. The zero-order valence-corrected chi connectivity index (χ0v) is 17.5. The molecule has 2 aromatic carbocycles. The summed E-state index contributed by atoms with van der Waals surface area (Å²) in [4.78, 5) is 12.0. The van der Waals surface area contributed by atoms with Crippen molar-refractivity contribution in [3.05, 3.63) is 42.0 Å². The number of hydrogen-bond donors (Lipinski definition) is 1. The number of benzene rings is 2. The molecule has 2 rings (SSSR count). The quantitative estimate of drug-likeness (QED) is 0.338. The van der Waals surface area contributed by atoms with E-state index < -0.39 is 6.09 Å². The number of hydrogen-bond acceptors (Lipinski definition) is 6. The third-order valence-corrected chi connectivity index (χ3v) is 4.07. The van der Waals surface area contributed by atoms with Gasteiger partial charge in [0.25, 0.3) is 0 Å². The van der Waals surface area contributed by atoms with Gasteiger partial charge in [-0.1, -0.05) is 19.3 Å². The zero-order valence-electron chi connectivity index (χ0n) is 17.5. The van der Waals surface area contributed by atoms with E-state index >= 15 is 0 Å². The third kappa shape index (κ3) is 6.69. The molecule has 0 aliphatic rings. The smallest absolute Gasteiger partial charge is 0.412 e. The van der Waals surface area contributed by atoms with Crippen molar-refractivity contribution in [1.29, 1.82) is 0 Å². The molecule has 0 radical (unpaired) electrons. The van der Waals surface area contributed by atoms with Crippen LogP contribution in [0.2, 0.25) is 0 Å². The number of rotatable bonds is 11. The van der Waals surface area contributed by atoms with Crippen molar-refractivity contribution in [2.24, 2.45) is 0 Å². The lowest BCUT2D eigenvalue weighted by Gasteiger charge is -2.16. The van der Waals surface area contributed by atoms with Gasteiger partial charge in [0.1, 0.15) is 17.2 Å². The Hall–Kier alpha value is -3.21. The molecule has 160 valence electrons. The predicted molar refractivity (Wildman–Crippen MR) is 114 cm³/mol. The molecular formula is C23H27NO6. The molecule has 7 heteroatoms. The molecule has 7 nitrogen and oxygen atoms in total. The molecule has 0 bridgehead atoms. The Morgan fingerprint density at radius 2 is 1.63 bits per heavy atom. The molecule has 30 heavy (non-hydrogen) atoms. The number of amides is 1. The maximum absolute atomic E-state index is 12.0. The largest absolute Gasteiger partial charge is 0.467 e. The second-order valence-corrected chi connectivity index (χ2v) is 6.28. The lowest BCUT2D eigenvalue weighted by atomic mass is 10.0. The maximum atomic E-state index is 12.0. The molecular weight excluding hydrogens is 386 g/mol. The standard InChI is InChI=1S/C23H27NO6/c1-5-7-12-24-23(25)30-18-9-11-20(22(14-18)29-16-27-4)19-10-8-17(6-2)13-21(19)28-15-26-3/h2,8-11,13-14H,5,7,12,15-16H2,1,3-4H3,(H,24,25). The van der Waals surface area contributed by atoms with Crippen LogP contribution in [-0.4, -0.2) is 40.4 Å². The second-order valence-electron chi connectivity index (χ2n) is 6.28. The van der Waals surface area contributed by atoms with E-state index in [1.165, 1.54) is 14.2 Å². The number of nitrogens with one attached hydrogen (secondary N) is 1. The monoisotopic (exact) mass is 413 g/mol. The van der Waals surface area contributed by atoms with Crippen molar-refractivity contribution < 1.29 is 28.5 Å². The fourth-order valence-electron chi connectivity index (χ4n) is 2.62. The van der Waals surface area contributed by atoms with E-state index in [2.05, 4.69) is 11.2 Å². The molecule has 0 spiro atoms. The zero-order chi connectivity index (χ0) is 21.8. The Balaban J connectivity index is 2.35. The lowest BCUT2D eigenvalue weighted by molar-refractivity contribution is 0.0499. The summed E-state index contributed by atoms with van der Waals surface area (Å²) in [7, 11) is 3.06. The highest BCUT2D eigenvalue weighted by molar-refractivity contribution is 5.78. The van der Waals surface area contributed by atoms with Crippen LogP contribution in [0.25, 0.3) is 11.1 Å². The molecule has 0 aliphatic heterocycles. The average molecular weight is 413 g/mol. The molecule has 0 saturated carbocycles. The minimum absolute atomic E-state index is 0.0237. The van der Waals surface area contributed by atoms with Gasteiger partial charge in [0.05, 0.1) is 0 Å². The molecule has 0 unspecified atom stereocenters. The van der Waals surface area contributed by atoms with Crippen LogP contribution in [0.3, 0.4) is 0 Å². The summed E-state index contributed by atoms with van der Waals surface area (Å²) in [6, 6.07) is 10.5. The van der Waals surface area contributed by atoms with Crippen LogP contribution in [0.1, 0.15) is 25.3 Å². The number of carbonyl (C=O) groups excluding carboxylic acids is 1. The van der Waals surface area contributed by atoms with Gasteiger partial charge in [-0.15, -0.1) is 6.42 Å². The summed E-state index contributed by atoms with van der Waals surface area (Å²) in [6.07, 6.45) is 6.86. The first-order valence-corrected chi connectivity index (χ1v) is 9.57. The highest BCUT2D eigenvalue weighted by Crippen LogP contribution is 2.39. The fourth-order valence-corrected chi connectivity index (χ4v) is 2.62. The van der Waals surface area contributed by atoms with E-state index in [-0.39, 0.29) is 13.6 Å². The van der Waals surface area contributed by atoms with Crippen LogP contribution >= 0.6 is 0 Å². The minimum atomic E-state index is -0.517. The number of carbonyl (C=O) groups is 1. The highest BCUT2D eigenvalue weighted by Gasteiger charge is 2.15. The van der Waals surface area contributed by atoms with Gasteiger partial charge in [-0.2, -0.15) is 0 Å². The highest BCUT2D eigenvalue weighted by atomic mass is 16.7. The summed E-state index contributed by atoms with van der Waals surface area (Å²) in [5, 5.41) is 2.71. The number of ether oxygens (including phenoxy) is 5. The first kappa shape index (κ1) is 23.1. The van der Waals surface area contributed by atoms with E-state index in [0.29, 0.717) is 29.4 Å². The number of terminal acetylenes is 1. The van der Waals surface area contributed by atoms with Crippen LogP contribution in [0, 0.1) is 12.3 Å².